The van der Waals surface area contributed by atoms with E-state index in [1.807, 2.05) is 6.07 Å². The highest BCUT2D eigenvalue weighted by Gasteiger charge is 2.34. The van der Waals surface area contributed by atoms with Crippen molar-refractivity contribution in [2.24, 2.45) is 5.84 Å². The Morgan fingerprint density at radius 3 is 2.62 bits per heavy atom. The molecule has 0 fully saturated rings. The molecule has 4 heteroatoms. The van der Waals surface area contributed by atoms with Gasteiger partial charge in [-0.05, 0) is 45.5 Å². The normalized spacial score (nSPS) is 17.4. The van der Waals surface area contributed by atoms with E-state index in [-0.39, 0.29) is 11.6 Å². The fraction of sp³-hybridized carbons (Fsp3) is 0.667. The molecule has 16 heavy (non-hydrogen) atoms. The predicted molar refractivity (Wildman–Crippen MR) is 65.9 cm³/mol. The van der Waals surface area contributed by atoms with E-state index < -0.39 is 0 Å². The van der Waals surface area contributed by atoms with Gasteiger partial charge in [-0.25, -0.2) is 0 Å². The second-order valence-electron chi connectivity index (χ2n) is 4.66. The summed E-state index contributed by atoms with van der Waals surface area (Å²) in [4.78, 5) is 2.22. The first kappa shape index (κ1) is 13.2. The molecule has 1 aromatic rings. The maximum absolute atomic E-state index is 5.68. The van der Waals surface area contributed by atoms with Crippen LogP contribution in [0.15, 0.2) is 23.0 Å². The maximum atomic E-state index is 5.68. The molecule has 0 amide bonds. The van der Waals surface area contributed by atoms with Crippen molar-refractivity contribution >= 4 is 0 Å². The van der Waals surface area contributed by atoms with Gasteiger partial charge in [-0.1, -0.05) is 6.92 Å². The zero-order valence-electron chi connectivity index (χ0n) is 10.7. The fourth-order valence-electron chi connectivity index (χ4n) is 1.98. The van der Waals surface area contributed by atoms with Gasteiger partial charge in [-0.2, -0.15) is 0 Å². The third kappa shape index (κ3) is 2.64. The van der Waals surface area contributed by atoms with Crippen LogP contribution in [0.25, 0.3) is 0 Å². The van der Waals surface area contributed by atoms with E-state index in [2.05, 4.69) is 38.3 Å². The van der Waals surface area contributed by atoms with Crippen molar-refractivity contribution in [3.05, 3.63) is 24.2 Å². The highest BCUT2D eigenvalue weighted by Crippen LogP contribution is 2.23. The predicted octanol–water partition coefficient (Wildman–Crippen LogP) is 1.38. The molecule has 0 aliphatic carbocycles. The Morgan fingerprint density at radius 2 is 2.25 bits per heavy atom. The van der Waals surface area contributed by atoms with E-state index in [1.54, 1.807) is 12.5 Å². The van der Waals surface area contributed by atoms with E-state index >= 15 is 0 Å². The Hall–Kier alpha value is -0.840. The quantitative estimate of drug-likeness (QED) is 0.567. The van der Waals surface area contributed by atoms with Crippen LogP contribution in [-0.2, 0) is 6.42 Å². The van der Waals surface area contributed by atoms with Gasteiger partial charge in [0.2, 0.25) is 0 Å². The van der Waals surface area contributed by atoms with Gasteiger partial charge in [-0.15, -0.1) is 0 Å². The minimum Gasteiger partial charge on any atom is -0.472 e. The number of hydrazine groups is 1. The van der Waals surface area contributed by atoms with Crippen molar-refractivity contribution in [1.82, 2.24) is 10.3 Å². The lowest BCUT2D eigenvalue weighted by molar-refractivity contribution is 0.112. The van der Waals surface area contributed by atoms with Crippen LogP contribution in [0.5, 0.6) is 0 Å². The van der Waals surface area contributed by atoms with Gasteiger partial charge >= 0.3 is 0 Å². The average Bonchev–Trinajstić information content (AvgIpc) is 2.77. The number of nitrogens with zero attached hydrogens (tertiary/aromatic N) is 1. The first-order chi connectivity index (χ1) is 7.54. The van der Waals surface area contributed by atoms with Crippen molar-refractivity contribution < 1.29 is 4.42 Å². The van der Waals surface area contributed by atoms with Gasteiger partial charge in [0.1, 0.15) is 0 Å². The summed E-state index contributed by atoms with van der Waals surface area (Å²) in [5.74, 6) is 5.68. The van der Waals surface area contributed by atoms with Crippen molar-refractivity contribution in [2.45, 2.75) is 38.3 Å². The zero-order chi connectivity index (χ0) is 12.2. The van der Waals surface area contributed by atoms with Crippen LogP contribution in [-0.4, -0.2) is 30.6 Å². The van der Waals surface area contributed by atoms with Crippen LogP contribution >= 0.6 is 0 Å². The van der Waals surface area contributed by atoms with Crippen LogP contribution in [0.4, 0.5) is 0 Å². The topological polar surface area (TPSA) is 54.4 Å². The third-order valence-electron chi connectivity index (χ3n) is 3.71. The van der Waals surface area contributed by atoms with Gasteiger partial charge in [0, 0.05) is 11.6 Å². The molecular formula is C12H23N3O. The molecule has 2 unspecified atom stereocenters. The number of rotatable bonds is 6. The van der Waals surface area contributed by atoms with E-state index in [0.29, 0.717) is 0 Å². The fourth-order valence-corrected chi connectivity index (χ4v) is 1.98. The molecule has 1 heterocycles. The molecule has 0 bridgehead atoms. The van der Waals surface area contributed by atoms with E-state index in [0.717, 1.165) is 12.8 Å². The van der Waals surface area contributed by atoms with Gasteiger partial charge in [0.25, 0.3) is 0 Å². The number of nitrogens with one attached hydrogen (secondary N) is 1. The van der Waals surface area contributed by atoms with Crippen molar-refractivity contribution in [1.29, 1.82) is 0 Å². The summed E-state index contributed by atoms with van der Waals surface area (Å²) in [7, 11) is 4.17. The van der Waals surface area contributed by atoms with E-state index in [4.69, 9.17) is 10.3 Å². The maximum Gasteiger partial charge on any atom is 0.0935 e. The summed E-state index contributed by atoms with van der Waals surface area (Å²) >= 11 is 0. The minimum absolute atomic E-state index is 0.0338. The molecule has 0 aromatic carbocycles. The second-order valence-corrected chi connectivity index (χ2v) is 4.66. The van der Waals surface area contributed by atoms with Crippen LogP contribution in [0.2, 0.25) is 0 Å². The standard InChI is InChI=1S/C12H23N3O/c1-5-12(2,15(3)4)11(14-13)8-10-6-7-16-9-10/h6-7,9,11,14H,5,8,13H2,1-4H3. The molecule has 0 saturated heterocycles. The molecule has 0 radical (unpaired) electrons. The van der Waals surface area contributed by atoms with Crippen LogP contribution in [0.3, 0.4) is 0 Å². The molecule has 4 nitrogen and oxygen atoms in total. The minimum atomic E-state index is 0.0338. The smallest absolute Gasteiger partial charge is 0.0935 e. The van der Waals surface area contributed by atoms with Crippen LogP contribution < -0.4 is 11.3 Å². The van der Waals surface area contributed by atoms with Crippen LogP contribution in [0, 0.1) is 0 Å². The third-order valence-corrected chi connectivity index (χ3v) is 3.71. The van der Waals surface area contributed by atoms with Crippen LogP contribution in [0.1, 0.15) is 25.8 Å². The number of furan rings is 1. The SMILES string of the molecule is CCC(C)(C(Cc1ccoc1)NN)N(C)C. The first-order valence-corrected chi connectivity index (χ1v) is 5.69. The zero-order valence-corrected chi connectivity index (χ0v) is 10.7. The summed E-state index contributed by atoms with van der Waals surface area (Å²) in [5.41, 5.74) is 4.13. The average molecular weight is 225 g/mol. The largest absolute Gasteiger partial charge is 0.472 e. The summed E-state index contributed by atoms with van der Waals surface area (Å²) in [5, 5.41) is 0. The molecule has 0 spiro atoms. The Morgan fingerprint density at radius 1 is 1.56 bits per heavy atom. The van der Waals surface area contributed by atoms with Crippen molar-refractivity contribution in [3.8, 4) is 0 Å². The molecular weight excluding hydrogens is 202 g/mol. The molecule has 1 aromatic heterocycles. The Bertz CT molecular complexity index is 297. The van der Waals surface area contributed by atoms with Crippen molar-refractivity contribution in [2.75, 3.05) is 14.1 Å². The summed E-state index contributed by atoms with van der Waals surface area (Å²) in [6, 6.07) is 2.18. The summed E-state index contributed by atoms with van der Waals surface area (Å²) in [6.07, 6.45) is 5.38. The summed E-state index contributed by atoms with van der Waals surface area (Å²) in [6.45, 7) is 4.40. The lowest BCUT2D eigenvalue weighted by atomic mass is 9.85. The van der Waals surface area contributed by atoms with E-state index in [1.165, 1.54) is 5.56 Å². The van der Waals surface area contributed by atoms with Gasteiger partial charge in [-0.3, -0.25) is 11.3 Å². The Balaban J connectivity index is 2.79. The van der Waals surface area contributed by atoms with Gasteiger partial charge in [0.15, 0.2) is 0 Å². The number of likely N-dealkylation sites (N-methyl/N-ethyl adjacent to an activating group) is 1. The monoisotopic (exact) mass is 225 g/mol. The Labute approximate surface area is 97.8 Å². The first-order valence-electron chi connectivity index (χ1n) is 5.69. The number of hydrogen-bond acceptors (Lipinski definition) is 4. The van der Waals surface area contributed by atoms with Gasteiger partial charge in [0.05, 0.1) is 12.5 Å². The van der Waals surface area contributed by atoms with Gasteiger partial charge < -0.3 is 9.32 Å². The molecule has 0 aliphatic heterocycles. The van der Waals surface area contributed by atoms with Crippen molar-refractivity contribution in [3.63, 3.8) is 0 Å². The van der Waals surface area contributed by atoms with E-state index in [9.17, 15) is 0 Å². The molecule has 0 saturated carbocycles. The molecule has 2 atom stereocenters. The lowest BCUT2D eigenvalue weighted by Crippen LogP contribution is -2.59. The lowest BCUT2D eigenvalue weighted by Gasteiger charge is -2.42. The number of nitrogens with two attached hydrogens (primary N) is 1. The highest BCUT2D eigenvalue weighted by molar-refractivity contribution is 5.10. The second kappa shape index (κ2) is 5.48. The Kier molecular flexibility index (Phi) is 4.53. The number of hydrogen-bond donors (Lipinski definition) is 2. The summed E-state index contributed by atoms with van der Waals surface area (Å²) < 4.78 is 5.08. The molecule has 92 valence electrons. The molecule has 1 rings (SSSR count). The molecule has 0 aliphatic rings. The molecule has 3 N–H and O–H groups in total. The highest BCUT2D eigenvalue weighted by atomic mass is 16.3.